The van der Waals surface area contributed by atoms with Crippen LogP contribution in [0, 0.1) is 0 Å². The summed E-state index contributed by atoms with van der Waals surface area (Å²) in [5.74, 6) is -0.329. The molecule has 0 aliphatic carbocycles. The minimum absolute atomic E-state index is 0.0509. The average Bonchev–Trinajstić information content (AvgIpc) is 2.71. The fourth-order valence-corrected chi connectivity index (χ4v) is 1.50. The zero-order valence-corrected chi connectivity index (χ0v) is 8.75. The van der Waals surface area contributed by atoms with Crippen LogP contribution in [0.4, 0.5) is 0 Å². The maximum absolute atomic E-state index is 11.2. The van der Waals surface area contributed by atoms with Crippen molar-refractivity contribution in [3.05, 3.63) is 29.7 Å². The van der Waals surface area contributed by atoms with Crippen molar-refractivity contribution in [1.82, 2.24) is 4.98 Å². The van der Waals surface area contributed by atoms with Crippen LogP contribution in [0.5, 0.6) is 0 Å². The van der Waals surface area contributed by atoms with Gasteiger partial charge in [0.05, 0.1) is 13.0 Å². The average molecular weight is 226 g/mol. The summed E-state index contributed by atoms with van der Waals surface area (Å²) in [6.45, 7) is 0. The van der Waals surface area contributed by atoms with Gasteiger partial charge in [0.1, 0.15) is 5.52 Å². The highest BCUT2D eigenvalue weighted by atomic mass is 35.5. The molecule has 0 aliphatic heterocycles. The first-order valence-electron chi connectivity index (χ1n) is 4.29. The van der Waals surface area contributed by atoms with Gasteiger partial charge in [-0.05, 0) is 6.07 Å². The highest BCUT2D eigenvalue weighted by molar-refractivity contribution is 6.17. The van der Waals surface area contributed by atoms with Crippen LogP contribution in [0.3, 0.4) is 0 Å². The Morgan fingerprint density at radius 3 is 3.07 bits per heavy atom. The second-order valence-electron chi connectivity index (χ2n) is 2.91. The molecule has 0 fully saturated rings. The van der Waals surface area contributed by atoms with E-state index < -0.39 is 5.97 Å². The molecule has 1 heterocycles. The van der Waals surface area contributed by atoms with Crippen LogP contribution in [-0.2, 0) is 10.6 Å². The van der Waals surface area contributed by atoms with Gasteiger partial charge in [-0.3, -0.25) is 0 Å². The number of esters is 1. The van der Waals surface area contributed by atoms with Crippen molar-refractivity contribution in [2.75, 3.05) is 7.11 Å². The number of carbonyl (C=O) groups is 1. The van der Waals surface area contributed by atoms with E-state index in [-0.39, 0.29) is 5.89 Å². The second kappa shape index (κ2) is 3.90. The van der Waals surface area contributed by atoms with Crippen LogP contribution in [0.1, 0.15) is 16.2 Å². The smallest absolute Gasteiger partial charge is 0.394 e. The number of rotatable bonds is 2. The summed E-state index contributed by atoms with van der Waals surface area (Å²) in [7, 11) is 1.28. The van der Waals surface area contributed by atoms with Crippen LogP contribution >= 0.6 is 11.6 Å². The number of para-hydroxylation sites is 1. The van der Waals surface area contributed by atoms with Gasteiger partial charge in [-0.25, -0.2) is 9.78 Å². The summed E-state index contributed by atoms with van der Waals surface area (Å²) < 4.78 is 9.78. The summed E-state index contributed by atoms with van der Waals surface area (Å²) in [5.41, 5.74) is 1.94. The Labute approximate surface area is 90.8 Å². The van der Waals surface area contributed by atoms with E-state index in [2.05, 4.69) is 9.72 Å². The van der Waals surface area contributed by atoms with E-state index in [0.29, 0.717) is 17.0 Å². The van der Waals surface area contributed by atoms with Crippen molar-refractivity contribution in [1.29, 1.82) is 0 Å². The van der Waals surface area contributed by atoms with Gasteiger partial charge in [-0.2, -0.15) is 0 Å². The molecular weight excluding hydrogens is 218 g/mol. The lowest BCUT2D eigenvalue weighted by atomic mass is 10.2. The first-order chi connectivity index (χ1) is 7.26. The zero-order valence-electron chi connectivity index (χ0n) is 7.99. The Morgan fingerprint density at radius 2 is 2.40 bits per heavy atom. The maximum atomic E-state index is 11.2. The molecule has 0 spiro atoms. The molecule has 0 aliphatic rings. The lowest BCUT2D eigenvalue weighted by Gasteiger charge is -1.93. The van der Waals surface area contributed by atoms with Gasteiger partial charge in [-0.15, -0.1) is 11.6 Å². The third kappa shape index (κ3) is 1.68. The number of halogens is 1. The molecule has 0 unspecified atom stereocenters. The predicted molar refractivity (Wildman–Crippen MR) is 54.9 cm³/mol. The molecule has 0 saturated carbocycles. The Bertz CT molecular complexity index is 506. The van der Waals surface area contributed by atoms with Crippen molar-refractivity contribution in [2.24, 2.45) is 0 Å². The van der Waals surface area contributed by atoms with Crippen molar-refractivity contribution >= 4 is 28.7 Å². The van der Waals surface area contributed by atoms with Crippen molar-refractivity contribution in [3.63, 3.8) is 0 Å². The number of oxazole rings is 1. The number of ether oxygens (including phenoxy) is 1. The van der Waals surface area contributed by atoms with Gasteiger partial charge in [0.15, 0.2) is 5.58 Å². The van der Waals surface area contributed by atoms with E-state index in [1.807, 2.05) is 12.1 Å². The minimum Gasteiger partial charge on any atom is -0.462 e. The number of hydrogen-bond acceptors (Lipinski definition) is 4. The van der Waals surface area contributed by atoms with E-state index >= 15 is 0 Å². The van der Waals surface area contributed by atoms with Gasteiger partial charge < -0.3 is 9.15 Å². The number of fused-ring (bicyclic) bond motifs is 1. The molecule has 0 amide bonds. The van der Waals surface area contributed by atoms with Crippen LogP contribution in [0.2, 0.25) is 0 Å². The number of aromatic nitrogens is 1. The van der Waals surface area contributed by atoms with E-state index in [4.69, 9.17) is 16.0 Å². The summed E-state index contributed by atoms with van der Waals surface area (Å²) in [6, 6.07) is 5.38. The van der Waals surface area contributed by atoms with Crippen LogP contribution in [-0.4, -0.2) is 18.1 Å². The second-order valence-corrected chi connectivity index (χ2v) is 3.18. The highest BCUT2D eigenvalue weighted by Gasteiger charge is 2.15. The van der Waals surface area contributed by atoms with Crippen molar-refractivity contribution in [3.8, 4) is 0 Å². The fraction of sp³-hybridized carbons (Fsp3) is 0.200. The Kier molecular flexibility index (Phi) is 2.60. The Hall–Kier alpha value is -1.55. The molecule has 15 heavy (non-hydrogen) atoms. The first kappa shape index (κ1) is 9.98. The minimum atomic E-state index is -0.591. The van der Waals surface area contributed by atoms with E-state index in [1.165, 1.54) is 7.11 Å². The molecule has 4 nitrogen and oxygen atoms in total. The Morgan fingerprint density at radius 1 is 1.60 bits per heavy atom. The lowest BCUT2D eigenvalue weighted by Crippen LogP contribution is -2.00. The van der Waals surface area contributed by atoms with Crippen LogP contribution in [0.25, 0.3) is 11.1 Å². The van der Waals surface area contributed by atoms with Crippen LogP contribution < -0.4 is 0 Å². The highest BCUT2D eigenvalue weighted by Crippen LogP contribution is 2.21. The molecule has 1 aromatic heterocycles. The predicted octanol–water partition coefficient (Wildman–Crippen LogP) is 2.35. The van der Waals surface area contributed by atoms with Crippen molar-refractivity contribution < 1.29 is 13.9 Å². The normalized spacial score (nSPS) is 10.5. The van der Waals surface area contributed by atoms with Gasteiger partial charge in [0.25, 0.3) is 0 Å². The quantitative estimate of drug-likeness (QED) is 0.582. The van der Waals surface area contributed by atoms with E-state index in [1.54, 1.807) is 6.07 Å². The monoisotopic (exact) mass is 225 g/mol. The molecule has 0 bridgehead atoms. The molecule has 5 heteroatoms. The number of benzene rings is 1. The molecule has 0 atom stereocenters. The molecule has 2 rings (SSSR count). The topological polar surface area (TPSA) is 52.3 Å². The van der Waals surface area contributed by atoms with Gasteiger partial charge in [0, 0.05) is 5.56 Å². The molecule has 0 saturated heterocycles. The SMILES string of the molecule is COC(=O)c1nc2cccc(CCl)c2o1. The van der Waals surface area contributed by atoms with E-state index in [0.717, 1.165) is 5.56 Å². The maximum Gasteiger partial charge on any atom is 0.394 e. The third-order valence-corrected chi connectivity index (χ3v) is 2.29. The van der Waals surface area contributed by atoms with Crippen molar-refractivity contribution in [2.45, 2.75) is 5.88 Å². The van der Waals surface area contributed by atoms with Gasteiger partial charge >= 0.3 is 11.9 Å². The van der Waals surface area contributed by atoms with E-state index in [9.17, 15) is 4.79 Å². The van der Waals surface area contributed by atoms with Crippen LogP contribution in [0.15, 0.2) is 22.6 Å². The molecule has 1 aromatic carbocycles. The first-order valence-corrected chi connectivity index (χ1v) is 4.82. The van der Waals surface area contributed by atoms with Gasteiger partial charge in [0.2, 0.25) is 0 Å². The Balaban J connectivity index is 2.60. The summed E-state index contributed by atoms with van der Waals surface area (Å²) in [5, 5.41) is 0. The fourth-order valence-electron chi connectivity index (χ4n) is 1.29. The lowest BCUT2D eigenvalue weighted by molar-refractivity contribution is 0.0558. The molecular formula is C10H8ClNO3. The largest absolute Gasteiger partial charge is 0.462 e. The number of methoxy groups -OCH3 is 1. The molecule has 0 N–H and O–H groups in total. The number of hydrogen-bond donors (Lipinski definition) is 0. The third-order valence-electron chi connectivity index (χ3n) is 2.00. The number of carbonyl (C=O) groups excluding carboxylic acids is 1. The molecule has 0 radical (unpaired) electrons. The molecule has 2 aromatic rings. The number of nitrogens with zero attached hydrogens (tertiary/aromatic N) is 1. The summed E-state index contributed by atoms with van der Waals surface area (Å²) in [4.78, 5) is 15.2. The van der Waals surface area contributed by atoms with Gasteiger partial charge in [-0.1, -0.05) is 12.1 Å². The molecule has 78 valence electrons. The number of alkyl halides is 1. The summed E-state index contributed by atoms with van der Waals surface area (Å²) in [6.07, 6.45) is 0. The summed E-state index contributed by atoms with van der Waals surface area (Å²) >= 11 is 5.72. The zero-order chi connectivity index (χ0) is 10.8. The standard InChI is InChI=1S/C10H8ClNO3/c1-14-10(13)9-12-7-4-2-3-6(5-11)8(7)15-9/h2-4H,5H2,1H3.